The van der Waals surface area contributed by atoms with Gasteiger partial charge in [-0.1, -0.05) is 0 Å². The summed E-state index contributed by atoms with van der Waals surface area (Å²) in [5, 5.41) is 10.2. The second-order valence-electron chi connectivity index (χ2n) is 7.82. The lowest BCUT2D eigenvalue weighted by Crippen LogP contribution is -2.28. The van der Waals surface area contributed by atoms with Gasteiger partial charge in [-0.25, -0.2) is 9.18 Å². The van der Waals surface area contributed by atoms with Crippen molar-refractivity contribution in [3.8, 4) is 11.4 Å². The van der Waals surface area contributed by atoms with E-state index in [1.807, 2.05) is 6.07 Å². The van der Waals surface area contributed by atoms with Crippen LogP contribution >= 0.6 is 0 Å². The van der Waals surface area contributed by atoms with Gasteiger partial charge in [-0.3, -0.25) is 14.3 Å². The second-order valence-corrected chi connectivity index (χ2v) is 7.82. The van der Waals surface area contributed by atoms with E-state index in [1.54, 1.807) is 24.4 Å². The predicted octanol–water partition coefficient (Wildman–Crippen LogP) is 4.12. The largest absolute Gasteiger partial charge is 0.487 e. The molecule has 0 unspecified atom stereocenters. The number of nitrogens with zero attached hydrogens (tertiary/aromatic N) is 3. The van der Waals surface area contributed by atoms with E-state index in [4.69, 9.17) is 9.15 Å². The van der Waals surface area contributed by atoms with Gasteiger partial charge in [0.2, 0.25) is 0 Å². The fraction of sp³-hybridized carbons (Fsp3) is 0.208. The van der Waals surface area contributed by atoms with E-state index >= 15 is 0 Å². The number of fused-ring (bicyclic) bond motifs is 3. The maximum Gasteiger partial charge on any atom is 0.407 e. The van der Waals surface area contributed by atoms with Crippen LogP contribution in [-0.4, -0.2) is 32.2 Å². The molecule has 3 aromatic heterocycles. The van der Waals surface area contributed by atoms with Crippen LogP contribution in [0.3, 0.4) is 0 Å². The van der Waals surface area contributed by atoms with Gasteiger partial charge in [0.15, 0.2) is 0 Å². The number of benzene rings is 1. The Morgan fingerprint density at radius 2 is 2.09 bits per heavy atom. The lowest BCUT2D eigenvalue weighted by molar-refractivity contribution is 0.140. The molecule has 0 saturated heterocycles. The summed E-state index contributed by atoms with van der Waals surface area (Å²) in [5.74, 6) is 0.606. The summed E-state index contributed by atoms with van der Waals surface area (Å²) in [4.78, 5) is 29.4. The van der Waals surface area contributed by atoms with Crippen LogP contribution in [0.4, 0.5) is 9.18 Å². The highest BCUT2D eigenvalue weighted by Crippen LogP contribution is 2.31. The summed E-state index contributed by atoms with van der Waals surface area (Å²) in [6.07, 6.45) is 3.18. The van der Waals surface area contributed by atoms with Crippen molar-refractivity contribution in [2.75, 3.05) is 6.54 Å². The summed E-state index contributed by atoms with van der Waals surface area (Å²) in [6.45, 7) is 0.781. The first kappa shape index (κ1) is 20.7. The number of hydrogen-bond donors (Lipinski definition) is 1. The zero-order chi connectivity index (χ0) is 22.9. The predicted molar refractivity (Wildman–Crippen MR) is 117 cm³/mol. The number of furan rings is 1. The van der Waals surface area contributed by atoms with Crippen LogP contribution in [0.5, 0.6) is 5.75 Å². The minimum Gasteiger partial charge on any atom is -0.487 e. The van der Waals surface area contributed by atoms with Crippen LogP contribution in [0.2, 0.25) is 0 Å². The average molecular weight is 449 g/mol. The molecule has 0 atom stereocenters. The number of amides is 1. The highest BCUT2D eigenvalue weighted by atomic mass is 19.1. The molecular weight excluding hydrogens is 429 g/mol. The number of aryl methyl sites for hydroxylation is 1. The quantitative estimate of drug-likeness (QED) is 0.503. The first-order valence-corrected chi connectivity index (χ1v) is 10.5. The standard InChI is InChI=1S/C24H20FN3O5/c25-15-3-4-16(26-12-15)14-32-18-7-9-28(23(29)11-18)17-5-6-21-20(10-17)19-2-1-8-27(24(30)31)13-22(19)33-21/h3-7,9-12H,1-2,8,13-14H2,(H,30,31). The Morgan fingerprint density at radius 1 is 1.21 bits per heavy atom. The Morgan fingerprint density at radius 3 is 2.85 bits per heavy atom. The van der Waals surface area contributed by atoms with Crippen LogP contribution in [0.25, 0.3) is 16.7 Å². The minimum atomic E-state index is -0.965. The molecule has 0 radical (unpaired) electrons. The number of hydrogen-bond acceptors (Lipinski definition) is 5. The molecule has 0 saturated carbocycles. The molecule has 0 aliphatic carbocycles. The molecule has 4 aromatic rings. The molecule has 168 valence electrons. The summed E-state index contributed by atoms with van der Waals surface area (Å²) >= 11 is 0. The summed E-state index contributed by atoms with van der Waals surface area (Å²) in [5.41, 5.74) is 2.59. The van der Waals surface area contributed by atoms with Crippen molar-refractivity contribution in [2.45, 2.75) is 26.0 Å². The first-order chi connectivity index (χ1) is 16.0. The number of carboxylic acid groups (broad SMARTS) is 1. The molecule has 0 bridgehead atoms. The van der Waals surface area contributed by atoms with Gasteiger partial charge in [0.1, 0.15) is 29.5 Å². The molecule has 9 heteroatoms. The number of aromatic nitrogens is 2. The molecule has 33 heavy (non-hydrogen) atoms. The lowest BCUT2D eigenvalue weighted by atomic mass is 10.1. The van der Waals surface area contributed by atoms with Crippen molar-refractivity contribution in [1.29, 1.82) is 0 Å². The van der Waals surface area contributed by atoms with Crippen molar-refractivity contribution in [1.82, 2.24) is 14.5 Å². The number of rotatable bonds is 4. The van der Waals surface area contributed by atoms with Gasteiger partial charge in [-0.15, -0.1) is 0 Å². The maximum absolute atomic E-state index is 13.0. The molecule has 1 aliphatic rings. The summed E-state index contributed by atoms with van der Waals surface area (Å²) in [6, 6.07) is 11.3. The van der Waals surface area contributed by atoms with E-state index in [9.17, 15) is 19.1 Å². The molecule has 4 heterocycles. The Balaban J connectivity index is 1.41. The number of carbonyl (C=O) groups is 1. The van der Waals surface area contributed by atoms with Crippen molar-refractivity contribution in [3.63, 3.8) is 0 Å². The molecule has 1 amide bonds. The van der Waals surface area contributed by atoms with Crippen molar-refractivity contribution in [2.24, 2.45) is 0 Å². The van der Waals surface area contributed by atoms with Crippen LogP contribution in [-0.2, 0) is 19.6 Å². The van der Waals surface area contributed by atoms with E-state index < -0.39 is 11.9 Å². The monoisotopic (exact) mass is 449 g/mol. The molecule has 0 fully saturated rings. The lowest BCUT2D eigenvalue weighted by Gasteiger charge is -2.14. The van der Waals surface area contributed by atoms with Crippen LogP contribution < -0.4 is 10.3 Å². The molecule has 8 nitrogen and oxygen atoms in total. The Bertz CT molecular complexity index is 1390. The van der Waals surface area contributed by atoms with Crippen LogP contribution in [0.15, 0.2) is 64.1 Å². The Hall–Kier alpha value is -4.14. The molecular formula is C24H20FN3O5. The minimum absolute atomic E-state index is 0.115. The Kier molecular flexibility index (Phi) is 5.29. The molecule has 1 aromatic carbocycles. The van der Waals surface area contributed by atoms with Crippen LogP contribution in [0, 0.1) is 5.82 Å². The van der Waals surface area contributed by atoms with Gasteiger partial charge < -0.3 is 19.2 Å². The number of ether oxygens (including phenoxy) is 1. The van der Waals surface area contributed by atoms with Gasteiger partial charge in [-0.2, -0.15) is 0 Å². The van der Waals surface area contributed by atoms with E-state index in [2.05, 4.69) is 4.98 Å². The van der Waals surface area contributed by atoms with Crippen molar-refractivity contribution >= 4 is 17.1 Å². The zero-order valence-corrected chi connectivity index (χ0v) is 17.5. The number of pyridine rings is 2. The van der Waals surface area contributed by atoms with Crippen LogP contribution in [0.1, 0.15) is 23.4 Å². The highest BCUT2D eigenvalue weighted by molar-refractivity contribution is 5.84. The Labute approximate surface area is 187 Å². The van der Waals surface area contributed by atoms with Gasteiger partial charge in [0.25, 0.3) is 5.56 Å². The molecule has 1 aliphatic heterocycles. The van der Waals surface area contributed by atoms with E-state index in [0.29, 0.717) is 47.9 Å². The summed E-state index contributed by atoms with van der Waals surface area (Å²) in [7, 11) is 0. The topological polar surface area (TPSA) is 97.8 Å². The van der Waals surface area contributed by atoms with Gasteiger partial charge in [-0.05, 0) is 49.2 Å². The zero-order valence-electron chi connectivity index (χ0n) is 17.5. The SMILES string of the molecule is O=C(O)N1CCCc2c(oc3ccc(-n4ccc(OCc5ccc(F)cn5)cc4=O)cc23)C1. The summed E-state index contributed by atoms with van der Waals surface area (Å²) < 4.78 is 26.0. The third-order valence-corrected chi connectivity index (χ3v) is 5.66. The van der Waals surface area contributed by atoms with E-state index in [1.165, 1.54) is 27.7 Å². The van der Waals surface area contributed by atoms with E-state index in [-0.39, 0.29) is 18.7 Å². The number of halogens is 1. The maximum atomic E-state index is 13.0. The first-order valence-electron chi connectivity index (χ1n) is 10.5. The van der Waals surface area contributed by atoms with Gasteiger partial charge >= 0.3 is 6.09 Å². The third kappa shape index (κ3) is 4.17. The normalized spacial score (nSPS) is 13.5. The fourth-order valence-electron chi connectivity index (χ4n) is 4.01. The van der Waals surface area contributed by atoms with Gasteiger partial charge in [0, 0.05) is 35.4 Å². The highest BCUT2D eigenvalue weighted by Gasteiger charge is 2.23. The molecule has 0 spiro atoms. The smallest absolute Gasteiger partial charge is 0.407 e. The molecule has 1 N–H and O–H groups in total. The van der Waals surface area contributed by atoms with E-state index in [0.717, 1.165) is 17.1 Å². The molecule has 5 rings (SSSR count). The van der Waals surface area contributed by atoms with Gasteiger partial charge in [0.05, 0.1) is 18.4 Å². The second kappa shape index (κ2) is 8.42. The van der Waals surface area contributed by atoms with Crippen molar-refractivity contribution in [3.05, 3.63) is 88.0 Å². The average Bonchev–Trinajstić information content (AvgIpc) is 2.99. The van der Waals surface area contributed by atoms with Crippen molar-refractivity contribution < 1.29 is 23.4 Å². The fourth-order valence-corrected chi connectivity index (χ4v) is 4.01. The third-order valence-electron chi connectivity index (χ3n) is 5.66.